The molecule has 0 bridgehead atoms. The third-order valence-electron chi connectivity index (χ3n) is 21.9. The first kappa shape index (κ1) is 93.0. The summed E-state index contributed by atoms with van der Waals surface area (Å²) in [5.74, 6) is 1.64. The molecule has 13 heteroatoms. The Kier molecular flexibility index (Phi) is 64.4. The topological polar surface area (TPSA) is 234 Å². The van der Waals surface area contributed by atoms with Gasteiger partial charge in [0.15, 0.2) is 0 Å². The van der Waals surface area contributed by atoms with Gasteiger partial charge in [-0.25, -0.2) is 0 Å². The summed E-state index contributed by atoms with van der Waals surface area (Å²) < 4.78 is 0. The van der Waals surface area contributed by atoms with Gasteiger partial charge in [0, 0.05) is 57.2 Å². The standard InChI is InChI=1S/C43H83NO4.C41H79NO7/c1-3-5-7-21-30-39(45)32-23-17-13-9-10-15-19-25-34-41(47)37-38-29-27-28-35-42(38)44-43(48)36-26-20-16-12-11-14-18-24-33-40(46)31-22-8-6-4-2;1-3-4-5-7-18-29-39(47)41(49)33(2)23-14-10-11-19-30-40(48)42-36-26-21-20-24-34(36)32-35(44)25-15-8-6-9-16-27-37(45)38(46)28-17-12-13-22-31-43/h38-40,42,45-46H,3-37H2,1-2H3,(H,44,48);33-34,36-39,41,43,45-47,49H,3-32H2,1-2H3,(H,42,48)/t38-,39?,40?,42-;33?,34-,36-,37?,38?,39?,41?/m00/s1. The number of Topliss-reactive ketones (excluding diaryl/α,β-unsaturated/α-hetero) is 2. The van der Waals surface area contributed by atoms with Gasteiger partial charge in [0.1, 0.15) is 11.6 Å². The van der Waals surface area contributed by atoms with Crippen molar-refractivity contribution in [1.82, 2.24) is 10.6 Å². The fraction of sp³-hybridized carbons (Fsp3) is 0.952. The highest BCUT2D eigenvalue weighted by molar-refractivity contribution is 5.80. The van der Waals surface area contributed by atoms with Crippen LogP contribution in [0.5, 0.6) is 0 Å². The van der Waals surface area contributed by atoms with E-state index >= 15 is 0 Å². The fourth-order valence-electron chi connectivity index (χ4n) is 15.2. The van der Waals surface area contributed by atoms with Crippen molar-refractivity contribution in [3.05, 3.63) is 0 Å². The van der Waals surface area contributed by atoms with Gasteiger partial charge in [-0.15, -0.1) is 0 Å². The summed E-state index contributed by atoms with van der Waals surface area (Å²) in [5, 5.41) is 76.8. The van der Waals surface area contributed by atoms with Gasteiger partial charge < -0.3 is 46.4 Å². The number of amides is 2. The number of unbranched alkanes of at least 4 members (excludes halogenated alkanes) is 34. The van der Waals surface area contributed by atoms with Gasteiger partial charge in [-0.3, -0.25) is 19.2 Å². The van der Waals surface area contributed by atoms with E-state index in [1.54, 1.807) is 0 Å². The number of aliphatic hydroxyl groups is 7. The lowest BCUT2D eigenvalue weighted by atomic mass is 9.80. The lowest BCUT2D eigenvalue weighted by molar-refractivity contribution is -0.124. The predicted molar refractivity (Wildman–Crippen MR) is 406 cm³/mol. The molecule has 0 heterocycles. The molecule has 9 N–H and O–H groups in total. The van der Waals surface area contributed by atoms with E-state index < -0.39 is 24.4 Å². The fourth-order valence-corrected chi connectivity index (χ4v) is 15.2. The molecule has 0 spiro atoms. The van der Waals surface area contributed by atoms with Crippen molar-refractivity contribution in [1.29, 1.82) is 0 Å². The average Bonchev–Trinajstić information content (AvgIpc) is 0.991. The van der Waals surface area contributed by atoms with Gasteiger partial charge >= 0.3 is 0 Å². The SMILES string of the molecule is CCCCCCC(O)CCCCCCCCCCC(=O)C[C@@H]1CCCC[C@@H]1NC(=O)CCCCCCCCCCC(O)CCCCCC.CCCCCCCC(O)C(O)C(C)CCCCCCC(=O)N[C@H]1CCCC[C@H]1CC(=O)CCCCCCCC(O)C(O)CCCCCCO. The first-order valence-corrected chi connectivity index (χ1v) is 42.5. The van der Waals surface area contributed by atoms with Crippen LogP contribution in [0.4, 0.5) is 0 Å². The van der Waals surface area contributed by atoms with Crippen LogP contribution in [0.1, 0.15) is 439 Å². The number of aliphatic hydroxyl groups excluding tert-OH is 7. The predicted octanol–water partition coefficient (Wildman–Crippen LogP) is 20.2. The van der Waals surface area contributed by atoms with Crippen LogP contribution >= 0.6 is 0 Å². The number of rotatable bonds is 68. The molecule has 0 radical (unpaired) electrons. The van der Waals surface area contributed by atoms with E-state index in [9.17, 15) is 49.8 Å². The molecule has 0 aromatic rings. The molecule has 0 aliphatic heterocycles. The van der Waals surface area contributed by atoms with E-state index in [4.69, 9.17) is 5.11 Å². The minimum atomic E-state index is -0.668. The molecule has 0 saturated heterocycles. The van der Waals surface area contributed by atoms with E-state index in [1.807, 2.05) is 6.92 Å². The van der Waals surface area contributed by atoms with Crippen molar-refractivity contribution in [2.45, 2.75) is 487 Å². The van der Waals surface area contributed by atoms with Gasteiger partial charge in [-0.05, 0) is 127 Å². The monoisotopic (exact) mass is 1380 g/mol. The highest BCUT2D eigenvalue weighted by atomic mass is 16.3. The zero-order chi connectivity index (χ0) is 71.0. The summed E-state index contributed by atoms with van der Waals surface area (Å²) in [6.07, 6.45) is 63.1. The Morgan fingerprint density at radius 3 is 0.938 bits per heavy atom. The normalized spacial score (nSPS) is 18.7. The van der Waals surface area contributed by atoms with E-state index in [2.05, 4.69) is 31.4 Å². The molecule has 0 aromatic heterocycles. The van der Waals surface area contributed by atoms with Crippen LogP contribution in [-0.2, 0) is 19.2 Å². The minimum absolute atomic E-state index is 0.0787. The van der Waals surface area contributed by atoms with Crippen molar-refractivity contribution >= 4 is 23.4 Å². The molecule has 2 amide bonds. The molecule has 13 nitrogen and oxygen atoms in total. The molecule has 7 unspecified atom stereocenters. The maximum atomic E-state index is 12.8. The quantitative estimate of drug-likeness (QED) is 0.0260. The van der Waals surface area contributed by atoms with Crippen LogP contribution in [0.25, 0.3) is 0 Å². The molecule has 2 fully saturated rings. The summed E-state index contributed by atoms with van der Waals surface area (Å²) in [4.78, 5) is 51.1. The highest BCUT2D eigenvalue weighted by Crippen LogP contribution is 2.31. The number of hydrogen-bond donors (Lipinski definition) is 9. The number of nitrogens with one attached hydrogen (secondary N) is 2. The first-order chi connectivity index (χ1) is 47.1. The lowest BCUT2D eigenvalue weighted by Crippen LogP contribution is -2.42. The molecule has 2 rings (SSSR count). The van der Waals surface area contributed by atoms with Crippen LogP contribution < -0.4 is 10.6 Å². The van der Waals surface area contributed by atoms with E-state index in [0.29, 0.717) is 75.3 Å². The zero-order valence-electron chi connectivity index (χ0n) is 64.1. The Morgan fingerprint density at radius 2 is 0.588 bits per heavy atom. The molecule has 2 aliphatic rings. The van der Waals surface area contributed by atoms with Crippen molar-refractivity contribution in [2.75, 3.05) is 6.61 Å². The smallest absolute Gasteiger partial charge is 0.220 e. The molecule has 574 valence electrons. The number of ketones is 2. The van der Waals surface area contributed by atoms with Gasteiger partial charge in [-0.2, -0.15) is 0 Å². The van der Waals surface area contributed by atoms with Crippen molar-refractivity contribution in [3.8, 4) is 0 Å². The molecular weight excluding hydrogens is 1210 g/mol. The Balaban J connectivity index is 0.000000970. The third-order valence-corrected chi connectivity index (χ3v) is 21.9. The van der Waals surface area contributed by atoms with Gasteiger partial charge in [0.25, 0.3) is 0 Å². The summed E-state index contributed by atoms with van der Waals surface area (Å²) in [7, 11) is 0. The largest absolute Gasteiger partial charge is 0.396 e. The second-order valence-corrected chi connectivity index (χ2v) is 31.2. The molecule has 11 atom stereocenters. The summed E-state index contributed by atoms with van der Waals surface area (Å²) in [5.41, 5.74) is 0. The molecular formula is C84H162N2O11. The van der Waals surface area contributed by atoms with Gasteiger partial charge in [0.2, 0.25) is 11.8 Å². The van der Waals surface area contributed by atoms with Crippen molar-refractivity contribution in [2.24, 2.45) is 17.8 Å². The maximum Gasteiger partial charge on any atom is 0.220 e. The van der Waals surface area contributed by atoms with Crippen LogP contribution in [0.15, 0.2) is 0 Å². The van der Waals surface area contributed by atoms with Crippen LogP contribution in [-0.4, -0.2) is 114 Å². The second kappa shape index (κ2) is 67.2. The van der Waals surface area contributed by atoms with Crippen LogP contribution in [0.3, 0.4) is 0 Å². The van der Waals surface area contributed by atoms with E-state index in [1.165, 1.54) is 141 Å². The van der Waals surface area contributed by atoms with Crippen molar-refractivity contribution in [3.63, 3.8) is 0 Å². The van der Waals surface area contributed by atoms with Gasteiger partial charge in [0.05, 0.1) is 36.6 Å². The first-order valence-electron chi connectivity index (χ1n) is 42.5. The van der Waals surface area contributed by atoms with Crippen LogP contribution in [0, 0.1) is 17.8 Å². The third kappa shape index (κ3) is 56.2. The molecule has 2 aliphatic carbocycles. The molecule has 0 aromatic carbocycles. The van der Waals surface area contributed by atoms with E-state index in [0.717, 1.165) is 212 Å². The second-order valence-electron chi connectivity index (χ2n) is 31.2. The Morgan fingerprint density at radius 1 is 0.320 bits per heavy atom. The number of carbonyl (C=O) groups is 4. The Hall–Kier alpha value is -2.00. The Labute approximate surface area is 597 Å². The lowest BCUT2D eigenvalue weighted by Gasteiger charge is -2.32. The molecule has 97 heavy (non-hydrogen) atoms. The average molecular weight is 1380 g/mol. The number of carbonyl (C=O) groups excluding carboxylic acids is 4. The number of hydrogen-bond acceptors (Lipinski definition) is 11. The molecule has 2 saturated carbocycles. The summed E-state index contributed by atoms with van der Waals surface area (Å²) >= 11 is 0. The van der Waals surface area contributed by atoms with Crippen molar-refractivity contribution < 1.29 is 54.9 Å². The van der Waals surface area contributed by atoms with Crippen LogP contribution in [0.2, 0.25) is 0 Å². The van der Waals surface area contributed by atoms with Gasteiger partial charge in [-0.1, -0.05) is 291 Å². The minimum Gasteiger partial charge on any atom is -0.396 e. The summed E-state index contributed by atoms with van der Waals surface area (Å²) in [6, 6.07) is 0.292. The summed E-state index contributed by atoms with van der Waals surface area (Å²) in [6.45, 7) is 8.88. The maximum absolute atomic E-state index is 12.8. The highest BCUT2D eigenvalue weighted by Gasteiger charge is 2.30. The van der Waals surface area contributed by atoms with E-state index in [-0.39, 0.29) is 54.5 Å². The Bertz CT molecular complexity index is 1710. The zero-order valence-corrected chi connectivity index (χ0v) is 64.1.